The fourth-order valence-electron chi connectivity index (χ4n) is 3.17. The van der Waals surface area contributed by atoms with E-state index in [0.717, 1.165) is 30.5 Å². The molecule has 8 heteroatoms. The largest absolute Gasteiger partial charge is 0.353 e. The maximum atomic E-state index is 13.9. The molecular weight excluding hydrogens is 448 g/mol. The fourth-order valence-corrected chi connectivity index (χ4v) is 3.43. The third kappa shape index (κ3) is 6.29. The second-order valence-corrected chi connectivity index (χ2v) is 7.94. The molecule has 3 aromatic carbocycles. The van der Waals surface area contributed by atoms with E-state index >= 15 is 0 Å². The Morgan fingerprint density at radius 1 is 0.939 bits per heavy atom. The first-order valence-electron chi connectivity index (χ1n) is 10.5. The molecule has 0 aliphatic heterocycles. The zero-order valence-corrected chi connectivity index (χ0v) is 19.0. The highest BCUT2D eigenvalue weighted by molar-refractivity contribution is 6.35. The van der Waals surface area contributed by atoms with E-state index in [1.807, 2.05) is 6.92 Å². The van der Waals surface area contributed by atoms with Crippen molar-refractivity contribution in [3.63, 3.8) is 0 Å². The number of carbonyl (C=O) groups excluding carboxylic acids is 2. The van der Waals surface area contributed by atoms with Gasteiger partial charge in [-0.1, -0.05) is 31.0 Å². The second-order valence-electron chi connectivity index (χ2n) is 7.54. The minimum atomic E-state index is -0.745. The fraction of sp³-hybridized carbons (Fsp3) is 0.200. The highest BCUT2D eigenvalue weighted by atomic mass is 35.5. The van der Waals surface area contributed by atoms with Gasteiger partial charge in [0.1, 0.15) is 11.6 Å². The average molecular weight is 472 g/mol. The molecule has 3 N–H and O–H groups in total. The quantitative estimate of drug-likeness (QED) is 0.249. The summed E-state index contributed by atoms with van der Waals surface area (Å²) >= 11 is 6.36. The summed E-state index contributed by atoms with van der Waals surface area (Å²) in [6.07, 6.45) is 1.85. The van der Waals surface area contributed by atoms with Crippen LogP contribution in [0.1, 0.15) is 41.3 Å². The van der Waals surface area contributed by atoms with Gasteiger partial charge in [-0.05, 0) is 61.4 Å². The molecule has 33 heavy (non-hydrogen) atoms. The molecule has 0 spiro atoms. The number of aryl methyl sites for hydroxylation is 1. The second kappa shape index (κ2) is 10.9. The van der Waals surface area contributed by atoms with Crippen LogP contribution in [-0.4, -0.2) is 18.4 Å². The van der Waals surface area contributed by atoms with Crippen molar-refractivity contribution in [2.45, 2.75) is 26.7 Å². The zero-order valence-electron chi connectivity index (χ0n) is 18.3. The summed E-state index contributed by atoms with van der Waals surface area (Å²) in [5, 5.41) is 8.47. The van der Waals surface area contributed by atoms with E-state index in [-0.39, 0.29) is 28.1 Å². The van der Waals surface area contributed by atoms with Crippen LogP contribution in [-0.2, 0) is 0 Å². The Morgan fingerprint density at radius 3 is 2.39 bits per heavy atom. The van der Waals surface area contributed by atoms with Gasteiger partial charge in [0.2, 0.25) is 0 Å². The number of nitrogens with one attached hydrogen (secondary N) is 3. The van der Waals surface area contributed by atoms with E-state index in [2.05, 4.69) is 16.0 Å². The van der Waals surface area contributed by atoms with Crippen LogP contribution in [0.5, 0.6) is 0 Å². The van der Waals surface area contributed by atoms with Crippen LogP contribution in [0, 0.1) is 18.6 Å². The highest BCUT2D eigenvalue weighted by Gasteiger charge is 2.17. The molecule has 0 atom stereocenters. The van der Waals surface area contributed by atoms with E-state index in [4.69, 9.17) is 11.6 Å². The topological polar surface area (TPSA) is 70.2 Å². The van der Waals surface area contributed by atoms with Crippen molar-refractivity contribution >= 4 is 40.5 Å². The zero-order chi connectivity index (χ0) is 24.0. The molecule has 172 valence electrons. The lowest BCUT2D eigenvalue weighted by molar-refractivity contribution is 0.103. The Labute approximate surface area is 196 Å². The summed E-state index contributed by atoms with van der Waals surface area (Å²) in [6.45, 7) is 4.39. The number of hydrogen-bond donors (Lipinski definition) is 3. The minimum Gasteiger partial charge on any atom is -0.353 e. The summed E-state index contributed by atoms with van der Waals surface area (Å²) in [7, 11) is 0. The standard InChI is InChI=1S/C25H24ClF2N3O2/c1-3-4-11-29-25(33)31-17-7-5-15(2)20(13-17)24(32)19-9-8-18(14-21(19)26)30-23-10-6-16(27)12-22(23)28/h5-10,12-14,30H,3-4,11H2,1-2H3,(H2,29,31,33). The highest BCUT2D eigenvalue weighted by Crippen LogP contribution is 2.28. The molecule has 3 aromatic rings. The van der Waals surface area contributed by atoms with E-state index in [0.29, 0.717) is 23.5 Å². The van der Waals surface area contributed by atoms with Gasteiger partial charge in [-0.15, -0.1) is 0 Å². The number of halogens is 3. The van der Waals surface area contributed by atoms with E-state index in [9.17, 15) is 18.4 Å². The van der Waals surface area contributed by atoms with Gasteiger partial charge in [0.25, 0.3) is 0 Å². The normalized spacial score (nSPS) is 10.6. The Kier molecular flexibility index (Phi) is 8.01. The first kappa shape index (κ1) is 24.2. The third-order valence-electron chi connectivity index (χ3n) is 4.98. The minimum absolute atomic E-state index is 0.0818. The predicted octanol–water partition coefficient (Wildman–Crippen LogP) is 6.82. The number of rotatable bonds is 8. The van der Waals surface area contributed by atoms with Crippen LogP contribution in [0.25, 0.3) is 0 Å². The van der Waals surface area contributed by atoms with Gasteiger partial charge in [-0.2, -0.15) is 0 Å². The van der Waals surface area contributed by atoms with Gasteiger partial charge >= 0.3 is 6.03 Å². The molecule has 0 aliphatic carbocycles. The van der Waals surface area contributed by atoms with Crippen molar-refractivity contribution in [2.24, 2.45) is 0 Å². The molecule has 0 aromatic heterocycles. The summed E-state index contributed by atoms with van der Waals surface area (Å²) in [5.74, 6) is -1.74. The molecule has 0 saturated carbocycles. The Morgan fingerprint density at radius 2 is 1.70 bits per heavy atom. The number of carbonyl (C=O) groups is 2. The van der Waals surface area contributed by atoms with Gasteiger partial charge < -0.3 is 16.0 Å². The maximum absolute atomic E-state index is 13.9. The summed E-state index contributed by atoms with van der Waals surface area (Å²) in [5.41, 5.74) is 2.39. The molecule has 0 aliphatic rings. The van der Waals surface area contributed by atoms with Crippen molar-refractivity contribution in [3.05, 3.63) is 87.9 Å². The van der Waals surface area contributed by atoms with Gasteiger partial charge in [-0.3, -0.25) is 4.79 Å². The number of anilines is 3. The van der Waals surface area contributed by atoms with Crippen LogP contribution in [0.3, 0.4) is 0 Å². The van der Waals surface area contributed by atoms with Gasteiger partial charge in [0.05, 0.1) is 10.7 Å². The lowest BCUT2D eigenvalue weighted by Crippen LogP contribution is -2.29. The smallest absolute Gasteiger partial charge is 0.319 e. The van der Waals surface area contributed by atoms with E-state index < -0.39 is 11.6 Å². The van der Waals surface area contributed by atoms with Crippen molar-refractivity contribution in [1.82, 2.24) is 5.32 Å². The Balaban J connectivity index is 1.78. The summed E-state index contributed by atoms with van der Waals surface area (Å²) in [4.78, 5) is 25.2. The van der Waals surface area contributed by atoms with Gasteiger partial charge in [-0.25, -0.2) is 13.6 Å². The molecule has 0 radical (unpaired) electrons. The van der Waals surface area contributed by atoms with E-state index in [1.54, 1.807) is 31.2 Å². The van der Waals surface area contributed by atoms with Crippen LogP contribution in [0.2, 0.25) is 5.02 Å². The van der Waals surface area contributed by atoms with Crippen molar-refractivity contribution in [1.29, 1.82) is 0 Å². The van der Waals surface area contributed by atoms with Crippen LogP contribution < -0.4 is 16.0 Å². The van der Waals surface area contributed by atoms with Crippen molar-refractivity contribution in [3.8, 4) is 0 Å². The third-order valence-corrected chi connectivity index (χ3v) is 5.29. The SMILES string of the molecule is CCCCNC(=O)Nc1ccc(C)c(C(=O)c2ccc(Nc3ccc(F)cc3F)cc2Cl)c1. The lowest BCUT2D eigenvalue weighted by atomic mass is 9.98. The number of hydrogen-bond acceptors (Lipinski definition) is 3. The first-order valence-corrected chi connectivity index (χ1v) is 10.9. The number of benzene rings is 3. The van der Waals surface area contributed by atoms with Crippen molar-refractivity contribution < 1.29 is 18.4 Å². The molecule has 3 rings (SSSR count). The lowest BCUT2D eigenvalue weighted by Gasteiger charge is -2.13. The summed E-state index contributed by atoms with van der Waals surface area (Å²) < 4.78 is 27.0. The van der Waals surface area contributed by atoms with Crippen LogP contribution >= 0.6 is 11.6 Å². The first-order chi connectivity index (χ1) is 15.8. The molecule has 0 bridgehead atoms. The predicted molar refractivity (Wildman–Crippen MR) is 128 cm³/mol. The average Bonchev–Trinajstić information content (AvgIpc) is 2.77. The maximum Gasteiger partial charge on any atom is 0.319 e. The molecule has 2 amide bonds. The summed E-state index contributed by atoms with van der Waals surface area (Å²) in [6, 6.07) is 12.5. The molecule has 0 unspecified atom stereocenters. The van der Waals surface area contributed by atoms with E-state index in [1.165, 1.54) is 18.2 Å². The van der Waals surface area contributed by atoms with Crippen molar-refractivity contribution in [2.75, 3.05) is 17.2 Å². The molecule has 0 heterocycles. The van der Waals surface area contributed by atoms with Crippen LogP contribution in [0.4, 0.5) is 30.6 Å². The molecule has 0 saturated heterocycles. The number of urea groups is 1. The number of unbranched alkanes of at least 4 members (excludes halogenated alkanes) is 1. The molecule has 0 fully saturated rings. The monoisotopic (exact) mass is 471 g/mol. The van der Waals surface area contributed by atoms with Gasteiger partial charge in [0, 0.05) is 35.1 Å². The molecule has 5 nitrogen and oxygen atoms in total. The molecular formula is C25H24ClF2N3O2. The van der Waals surface area contributed by atoms with Crippen LogP contribution in [0.15, 0.2) is 54.6 Å². The Hall–Kier alpha value is -3.45. The number of ketones is 1. The Bertz CT molecular complexity index is 1180. The van der Waals surface area contributed by atoms with Gasteiger partial charge in [0.15, 0.2) is 5.78 Å². The number of amides is 2.